The van der Waals surface area contributed by atoms with Crippen LogP contribution < -0.4 is 20.9 Å². The molecule has 0 aromatic heterocycles. The van der Waals surface area contributed by atoms with Gasteiger partial charge in [0.25, 0.3) is 5.91 Å². The van der Waals surface area contributed by atoms with Crippen molar-refractivity contribution in [3.63, 3.8) is 0 Å². The zero-order valence-corrected chi connectivity index (χ0v) is 12.1. The van der Waals surface area contributed by atoms with E-state index < -0.39 is 11.6 Å². The summed E-state index contributed by atoms with van der Waals surface area (Å²) in [6, 6.07) is 3.61. The summed E-state index contributed by atoms with van der Waals surface area (Å²) in [5.74, 6) is -1.37. The van der Waals surface area contributed by atoms with Crippen molar-refractivity contribution >= 4 is 5.91 Å². The molecule has 1 saturated carbocycles. The van der Waals surface area contributed by atoms with Gasteiger partial charge in [-0.3, -0.25) is 15.6 Å². The van der Waals surface area contributed by atoms with E-state index in [2.05, 4.69) is 16.2 Å². The van der Waals surface area contributed by atoms with E-state index in [1.54, 1.807) is 0 Å². The molecule has 2 aliphatic rings. The normalized spacial score (nSPS) is 27.3. The number of rotatable bonds is 4. The van der Waals surface area contributed by atoms with Crippen LogP contribution in [0.1, 0.15) is 19.3 Å². The number of amides is 1. The zero-order chi connectivity index (χ0) is 15.5. The number of nitrogens with one attached hydrogen (secondary N) is 3. The third-order valence-corrected chi connectivity index (χ3v) is 4.25. The molecule has 2 fully saturated rings. The van der Waals surface area contributed by atoms with Gasteiger partial charge in [0.2, 0.25) is 0 Å². The van der Waals surface area contributed by atoms with Crippen molar-refractivity contribution in [3.05, 3.63) is 29.8 Å². The Balaban J connectivity index is 1.46. The highest BCUT2D eigenvalue weighted by Crippen LogP contribution is 2.26. The van der Waals surface area contributed by atoms with Crippen LogP contribution in [0.15, 0.2) is 18.2 Å². The van der Waals surface area contributed by atoms with Gasteiger partial charge in [-0.25, -0.2) is 8.78 Å². The van der Waals surface area contributed by atoms with Crippen LogP contribution in [-0.2, 0) is 4.79 Å². The summed E-state index contributed by atoms with van der Waals surface area (Å²) in [5.41, 5.74) is 6.37. The molecule has 1 heterocycles. The van der Waals surface area contributed by atoms with E-state index in [4.69, 9.17) is 4.74 Å². The van der Waals surface area contributed by atoms with E-state index in [1.807, 2.05) is 0 Å². The number of carbonyl (C=O) groups excluding carboxylic acids is 1. The molecule has 1 amide bonds. The Kier molecular flexibility index (Phi) is 4.54. The maximum Gasteiger partial charge on any atom is 0.258 e. The first-order valence-electron chi connectivity index (χ1n) is 7.47. The fraction of sp³-hybridized carbons (Fsp3) is 0.533. The van der Waals surface area contributed by atoms with Crippen molar-refractivity contribution in [2.45, 2.75) is 31.3 Å². The Labute approximate surface area is 127 Å². The van der Waals surface area contributed by atoms with Gasteiger partial charge in [-0.1, -0.05) is 0 Å². The summed E-state index contributed by atoms with van der Waals surface area (Å²) < 4.78 is 31.3. The van der Waals surface area contributed by atoms with E-state index in [9.17, 15) is 13.6 Å². The largest absolute Gasteiger partial charge is 0.481 e. The molecular formula is C15H19F2N3O2. The van der Waals surface area contributed by atoms with Gasteiger partial charge in [-0.05, 0) is 37.3 Å². The Morgan fingerprint density at radius 1 is 1.36 bits per heavy atom. The van der Waals surface area contributed by atoms with Crippen molar-refractivity contribution < 1.29 is 18.3 Å². The van der Waals surface area contributed by atoms with Gasteiger partial charge in [0.15, 0.2) is 18.2 Å². The first kappa shape index (κ1) is 15.2. The van der Waals surface area contributed by atoms with Crippen molar-refractivity contribution in [1.29, 1.82) is 0 Å². The van der Waals surface area contributed by atoms with Gasteiger partial charge in [0, 0.05) is 24.7 Å². The predicted molar refractivity (Wildman–Crippen MR) is 76.1 cm³/mol. The molecule has 120 valence electrons. The minimum atomic E-state index is -0.809. The highest BCUT2D eigenvalue weighted by Gasteiger charge is 2.34. The number of halogens is 2. The Morgan fingerprint density at radius 3 is 3.05 bits per heavy atom. The summed E-state index contributed by atoms with van der Waals surface area (Å²) in [6.45, 7) is 0.637. The van der Waals surface area contributed by atoms with Crippen molar-refractivity contribution in [2.24, 2.45) is 5.92 Å². The zero-order valence-electron chi connectivity index (χ0n) is 12.1. The van der Waals surface area contributed by atoms with Crippen LogP contribution in [0.4, 0.5) is 8.78 Å². The van der Waals surface area contributed by atoms with Crippen molar-refractivity contribution in [2.75, 3.05) is 13.2 Å². The molecule has 0 radical (unpaired) electrons. The quantitative estimate of drug-likeness (QED) is 0.779. The Bertz CT molecular complexity index is 556. The SMILES string of the molecule is O=C(COc1ccc(F)cc1F)NC1CCC2NNCC2C1. The number of carbonyl (C=O) groups is 1. The van der Waals surface area contributed by atoms with Crippen LogP contribution in [0.2, 0.25) is 0 Å². The molecular weight excluding hydrogens is 292 g/mol. The number of fused-ring (bicyclic) bond motifs is 1. The molecule has 1 aliphatic heterocycles. The van der Waals surface area contributed by atoms with Crippen LogP contribution >= 0.6 is 0 Å². The lowest BCUT2D eigenvalue weighted by atomic mass is 9.83. The molecule has 3 atom stereocenters. The molecule has 1 saturated heterocycles. The van der Waals surface area contributed by atoms with Gasteiger partial charge < -0.3 is 10.1 Å². The molecule has 5 nitrogen and oxygen atoms in total. The van der Waals surface area contributed by atoms with Gasteiger partial charge in [-0.15, -0.1) is 0 Å². The third kappa shape index (κ3) is 3.53. The predicted octanol–water partition coefficient (Wildman–Crippen LogP) is 1.10. The summed E-state index contributed by atoms with van der Waals surface area (Å²) in [5, 5.41) is 2.92. The number of hydrogen-bond acceptors (Lipinski definition) is 4. The molecule has 3 N–H and O–H groups in total. The van der Waals surface area contributed by atoms with E-state index in [0.717, 1.165) is 37.9 Å². The van der Waals surface area contributed by atoms with E-state index in [-0.39, 0.29) is 24.3 Å². The van der Waals surface area contributed by atoms with Crippen LogP contribution in [0.25, 0.3) is 0 Å². The second-order valence-electron chi connectivity index (χ2n) is 5.83. The number of ether oxygens (including phenoxy) is 1. The Morgan fingerprint density at radius 2 is 2.23 bits per heavy atom. The molecule has 3 rings (SSSR count). The van der Waals surface area contributed by atoms with Crippen LogP contribution in [0.5, 0.6) is 5.75 Å². The van der Waals surface area contributed by atoms with Crippen molar-refractivity contribution in [3.8, 4) is 5.75 Å². The van der Waals surface area contributed by atoms with Crippen LogP contribution in [0.3, 0.4) is 0 Å². The molecule has 7 heteroatoms. The maximum atomic E-state index is 13.4. The van der Waals surface area contributed by atoms with Gasteiger partial charge in [0.1, 0.15) is 5.82 Å². The summed E-state index contributed by atoms with van der Waals surface area (Å²) >= 11 is 0. The van der Waals surface area contributed by atoms with E-state index in [1.165, 1.54) is 6.07 Å². The van der Waals surface area contributed by atoms with Gasteiger partial charge >= 0.3 is 0 Å². The van der Waals surface area contributed by atoms with Crippen molar-refractivity contribution in [1.82, 2.24) is 16.2 Å². The van der Waals surface area contributed by atoms with Crippen LogP contribution in [-0.4, -0.2) is 31.1 Å². The second-order valence-corrected chi connectivity index (χ2v) is 5.83. The van der Waals surface area contributed by atoms with E-state index in [0.29, 0.717) is 12.0 Å². The molecule has 22 heavy (non-hydrogen) atoms. The molecule has 0 spiro atoms. The number of benzene rings is 1. The highest BCUT2D eigenvalue weighted by molar-refractivity contribution is 5.77. The lowest BCUT2D eigenvalue weighted by molar-refractivity contribution is -0.124. The fourth-order valence-corrected chi connectivity index (χ4v) is 3.14. The molecule has 1 aliphatic carbocycles. The fourth-order valence-electron chi connectivity index (χ4n) is 3.14. The topological polar surface area (TPSA) is 62.4 Å². The number of hydrazine groups is 1. The average molecular weight is 311 g/mol. The third-order valence-electron chi connectivity index (χ3n) is 4.25. The summed E-state index contributed by atoms with van der Waals surface area (Å²) in [7, 11) is 0. The van der Waals surface area contributed by atoms with Gasteiger partial charge in [-0.2, -0.15) is 0 Å². The first-order valence-corrected chi connectivity index (χ1v) is 7.47. The maximum absolute atomic E-state index is 13.4. The minimum absolute atomic E-state index is 0.121. The summed E-state index contributed by atoms with van der Waals surface area (Å²) in [4.78, 5) is 11.9. The molecule has 3 unspecified atom stereocenters. The molecule has 0 bridgehead atoms. The second kappa shape index (κ2) is 6.58. The standard InChI is InChI=1S/C15H19F2N3O2/c16-10-1-4-14(12(17)6-10)22-8-15(21)19-11-2-3-13-9(5-11)7-18-20-13/h1,4,6,9,11,13,18,20H,2-3,5,7-8H2,(H,19,21). The number of hydrogen-bond donors (Lipinski definition) is 3. The van der Waals surface area contributed by atoms with Gasteiger partial charge in [0.05, 0.1) is 0 Å². The lowest BCUT2D eigenvalue weighted by Crippen LogP contribution is -2.45. The Hall–Kier alpha value is -1.73. The van der Waals surface area contributed by atoms with Crippen LogP contribution in [0, 0.1) is 17.6 Å². The average Bonchev–Trinajstić information content (AvgIpc) is 2.94. The molecule has 1 aromatic rings. The minimum Gasteiger partial charge on any atom is -0.481 e. The first-order chi connectivity index (χ1) is 10.6. The molecule has 1 aromatic carbocycles. The summed E-state index contributed by atoms with van der Waals surface area (Å²) in [6.07, 6.45) is 2.84. The highest BCUT2D eigenvalue weighted by atomic mass is 19.1. The van der Waals surface area contributed by atoms with E-state index >= 15 is 0 Å². The monoisotopic (exact) mass is 311 g/mol. The lowest BCUT2D eigenvalue weighted by Gasteiger charge is -2.31. The smallest absolute Gasteiger partial charge is 0.258 e.